The number of ether oxygens (including phenoxy) is 1. The van der Waals surface area contributed by atoms with E-state index in [1.807, 2.05) is 12.5 Å². The molecule has 2 rings (SSSR count). The van der Waals surface area contributed by atoms with Crippen molar-refractivity contribution >= 4 is 23.4 Å². The van der Waals surface area contributed by atoms with E-state index in [0.717, 1.165) is 31.7 Å². The third kappa shape index (κ3) is 4.50. The van der Waals surface area contributed by atoms with Crippen LogP contribution >= 0.6 is 11.8 Å². The Hall–Kier alpha value is -1.05. The van der Waals surface area contributed by atoms with E-state index in [9.17, 15) is 4.79 Å². The number of hydrogen-bond donors (Lipinski definition) is 2. The number of carbonyl (C=O) groups is 1. The summed E-state index contributed by atoms with van der Waals surface area (Å²) in [6, 6.07) is -0.469. The second kappa shape index (κ2) is 7.66. The molecule has 1 fully saturated rings. The molecule has 6 nitrogen and oxygen atoms in total. The van der Waals surface area contributed by atoms with E-state index in [4.69, 9.17) is 10.5 Å². The maximum absolute atomic E-state index is 11.9. The van der Waals surface area contributed by atoms with Gasteiger partial charge < -0.3 is 15.8 Å². The Morgan fingerprint density at radius 3 is 3.30 bits per heavy atom. The number of rotatable bonds is 7. The third-order valence-corrected chi connectivity index (χ3v) is 3.93. The number of nitrogens with zero attached hydrogens (tertiary/aromatic N) is 2. The predicted molar refractivity (Wildman–Crippen MR) is 80.8 cm³/mol. The molecule has 1 aromatic rings. The average Bonchev–Trinajstić information content (AvgIpc) is 3.08. The van der Waals surface area contributed by atoms with Gasteiger partial charge >= 0.3 is 0 Å². The SMILES string of the molecule is CSCC[C@@H](N)C(=O)Nc1cnn(CC2CCCO2)c1. The summed E-state index contributed by atoms with van der Waals surface area (Å²) in [7, 11) is 0. The molecule has 2 atom stereocenters. The van der Waals surface area contributed by atoms with Gasteiger partial charge in [-0.05, 0) is 31.3 Å². The van der Waals surface area contributed by atoms with Crippen LogP contribution in [0.5, 0.6) is 0 Å². The molecule has 2 heterocycles. The van der Waals surface area contributed by atoms with Gasteiger partial charge in [-0.25, -0.2) is 0 Å². The molecule has 1 aromatic heterocycles. The Kier molecular flexibility index (Phi) is 5.87. The molecule has 1 aliphatic rings. The van der Waals surface area contributed by atoms with Crippen molar-refractivity contribution in [3.05, 3.63) is 12.4 Å². The lowest BCUT2D eigenvalue weighted by Crippen LogP contribution is -2.35. The van der Waals surface area contributed by atoms with Crippen LogP contribution in [-0.2, 0) is 16.1 Å². The standard InChI is InChI=1S/C13H22N4O2S/c1-20-6-4-12(14)13(18)16-10-7-15-17(8-10)9-11-3-2-5-19-11/h7-8,11-12H,2-6,9,14H2,1H3,(H,16,18)/t11?,12-/m1/s1. The molecular formula is C13H22N4O2S. The highest BCUT2D eigenvalue weighted by atomic mass is 32.2. The van der Waals surface area contributed by atoms with Gasteiger partial charge in [0.15, 0.2) is 0 Å². The Labute approximate surface area is 123 Å². The molecular weight excluding hydrogens is 276 g/mol. The summed E-state index contributed by atoms with van der Waals surface area (Å²) in [5.74, 6) is 0.725. The van der Waals surface area contributed by atoms with E-state index >= 15 is 0 Å². The van der Waals surface area contributed by atoms with Crippen LogP contribution in [0.2, 0.25) is 0 Å². The van der Waals surface area contributed by atoms with Crippen LogP contribution in [-0.4, -0.2) is 46.4 Å². The fourth-order valence-corrected chi connectivity index (χ4v) is 2.63. The van der Waals surface area contributed by atoms with Crippen LogP contribution in [0.15, 0.2) is 12.4 Å². The number of thioether (sulfide) groups is 1. The predicted octanol–water partition coefficient (Wildman–Crippen LogP) is 1.08. The maximum Gasteiger partial charge on any atom is 0.241 e. The molecule has 20 heavy (non-hydrogen) atoms. The van der Waals surface area contributed by atoms with Crippen LogP contribution in [0.25, 0.3) is 0 Å². The topological polar surface area (TPSA) is 82.2 Å². The summed E-state index contributed by atoms with van der Waals surface area (Å²) in [6.45, 7) is 1.56. The number of anilines is 1. The summed E-state index contributed by atoms with van der Waals surface area (Å²) in [6.07, 6.45) is 8.56. The minimum atomic E-state index is -0.469. The van der Waals surface area contributed by atoms with E-state index in [0.29, 0.717) is 12.1 Å². The van der Waals surface area contributed by atoms with Crippen molar-refractivity contribution in [3.8, 4) is 0 Å². The van der Waals surface area contributed by atoms with Crippen molar-refractivity contribution in [2.75, 3.05) is 23.9 Å². The lowest BCUT2D eigenvalue weighted by atomic mass is 10.2. The van der Waals surface area contributed by atoms with E-state index in [1.54, 1.807) is 22.6 Å². The summed E-state index contributed by atoms with van der Waals surface area (Å²) >= 11 is 1.69. The molecule has 0 aliphatic carbocycles. The van der Waals surface area contributed by atoms with Gasteiger partial charge in [-0.3, -0.25) is 9.48 Å². The van der Waals surface area contributed by atoms with Gasteiger partial charge in [0.25, 0.3) is 0 Å². The zero-order valence-corrected chi connectivity index (χ0v) is 12.6. The van der Waals surface area contributed by atoms with E-state index in [-0.39, 0.29) is 12.0 Å². The maximum atomic E-state index is 11.9. The number of carbonyl (C=O) groups excluding carboxylic acids is 1. The highest BCUT2D eigenvalue weighted by Gasteiger charge is 2.17. The van der Waals surface area contributed by atoms with E-state index in [2.05, 4.69) is 10.4 Å². The normalized spacial score (nSPS) is 20.0. The quantitative estimate of drug-likeness (QED) is 0.787. The Balaban J connectivity index is 1.80. The molecule has 112 valence electrons. The molecule has 0 saturated carbocycles. The van der Waals surface area contributed by atoms with Crippen molar-refractivity contribution in [1.29, 1.82) is 0 Å². The lowest BCUT2D eigenvalue weighted by Gasteiger charge is -2.10. The lowest BCUT2D eigenvalue weighted by molar-refractivity contribution is -0.117. The highest BCUT2D eigenvalue weighted by Crippen LogP contribution is 2.15. The number of nitrogens with two attached hydrogens (primary N) is 1. The van der Waals surface area contributed by atoms with Crippen LogP contribution < -0.4 is 11.1 Å². The van der Waals surface area contributed by atoms with Crippen LogP contribution in [0.4, 0.5) is 5.69 Å². The first-order valence-corrected chi connectivity index (χ1v) is 8.28. The number of hydrogen-bond acceptors (Lipinski definition) is 5. The van der Waals surface area contributed by atoms with E-state index < -0.39 is 6.04 Å². The fourth-order valence-electron chi connectivity index (χ4n) is 2.14. The fraction of sp³-hybridized carbons (Fsp3) is 0.692. The first-order chi connectivity index (χ1) is 9.69. The molecule has 1 aliphatic heterocycles. The second-order valence-electron chi connectivity index (χ2n) is 4.96. The largest absolute Gasteiger partial charge is 0.376 e. The van der Waals surface area contributed by atoms with Gasteiger partial charge in [0.1, 0.15) is 0 Å². The third-order valence-electron chi connectivity index (χ3n) is 3.29. The number of nitrogens with one attached hydrogen (secondary N) is 1. The van der Waals surface area contributed by atoms with Crippen LogP contribution in [0.3, 0.4) is 0 Å². The summed E-state index contributed by atoms with van der Waals surface area (Å²) < 4.78 is 7.36. The van der Waals surface area contributed by atoms with Crippen molar-refractivity contribution in [3.63, 3.8) is 0 Å². The smallest absolute Gasteiger partial charge is 0.241 e. The molecule has 1 amide bonds. The molecule has 0 aromatic carbocycles. The van der Waals surface area contributed by atoms with Gasteiger partial charge in [-0.15, -0.1) is 0 Å². The Bertz CT molecular complexity index is 432. The first kappa shape index (κ1) is 15.3. The summed E-state index contributed by atoms with van der Waals surface area (Å²) in [5, 5.41) is 7.03. The highest BCUT2D eigenvalue weighted by molar-refractivity contribution is 7.98. The average molecular weight is 298 g/mol. The molecule has 1 unspecified atom stereocenters. The summed E-state index contributed by atoms with van der Waals surface area (Å²) in [5.41, 5.74) is 6.50. The van der Waals surface area contributed by atoms with Gasteiger partial charge in [0.2, 0.25) is 5.91 Å². The van der Waals surface area contributed by atoms with Gasteiger partial charge in [0, 0.05) is 12.8 Å². The second-order valence-corrected chi connectivity index (χ2v) is 5.95. The van der Waals surface area contributed by atoms with Gasteiger partial charge in [-0.1, -0.05) is 0 Å². The molecule has 1 saturated heterocycles. The zero-order chi connectivity index (χ0) is 14.4. The Morgan fingerprint density at radius 2 is 2.60 bits per heavy atom. The zero-order valence-electron chi connectivity index (χ0n) is 11.7. The monoisotopic (exact) mass is 298 g/mol. The van der Waals surface area contributed by atoms with Gasteiger partial charge in [0.05, 0.1) is 30.6 Å². The van der Waals surface area contributed by atoms with Crippen LogP contribution in [0, 0.1) is 0 Å². The Morgan fingerprint density at radius 1 is 1.75 bits per heavy atom. The minimum Gasteiger partial charge on any atom is -0.376 e. The van der Waals surface area contributed by atoms with Crippen LogP contribution in [0.1, 0.15) is 19.3 Å². The van der Waals surface area contributed by atoms with Gasteiger partial charge in [-0.2, -0.15) is 16.9 Å². The first-order valence-electron chi connectivity index (χ1n) is 6.88. The molecule has 7 heteroatoms. The van der Waals surface area contributed by atoms with Crippen molar-refractivity contribution in [2.24, 2.45) is 5.73 Å². The van der Waals surface area contributed by atoms with Crippen molar-refractivity contribution < 1.29 is 9.53 Å². The molecule has 0 spiro atoms. The van der Waals surface area contributed by atoms with E-state index in [1.165, 1.54) is 0 Å². The number of aromatic nitrogens is 2. The minimum absolute atomic E-state index is 0.157. The van der Waals surface area contributed by atoms with Crippen molar-refractivity contribution in [2.45, 2.75) is 38.0 Å². The summed E-state index contributed by atoms with van der Waals surface area (Å²) in [4.78, 5) is 11.9. The van der Waals surface area contributed by atoms with Crippen molar-refractivity contribution in [1.82, 2.24) is 9.78 Å². The number of amides is 1. The molecule has 0 bridgehead atoms. The molecule has 0 radical (unpaired) electrons. The molecule has 3 N–H and O–H groups in total.